The molecular weight excluding hydrogens is 319 g/mol. The standard InChI is InChI=1S/C18H25FN6/c1-2-20-18(21-9-11-25-10-5-8-22-25)24-14-12-23(13-15-24)17-7-4-3-6-16(17)19/h3-8,10H,2,9,11-15H2,1H3,(H,20,21). The lowest BCUT2D eigenvalue weighted by atomic mass is 10.2. The lowest BCUT2D eigenvalue weighted by Crippen LogP contribution is -2.52. The van der Waals surface area contributed by atoms with Crippen LogP contribution in [0.1, 0.15) is 6.92 Å². The molecule has 0 saturated carbocycles. The molecule has 0 radical (unpaired) electrons. The fraction of sp³-hybridized carbons (Fsp3) is 0.444. The first-order chi connectivity index (χ1) is 12.3. The maximum atomic E-state index is 14.0. The van der Waals surface area contributed by atoms with Gasteiger partial charge in [-0.2, -0.15) is 5.10 Å². The number of aromatic nitrogens is 2. The van der Waals surface area contributed by atoms with Gasteiger partial charge in [-0.05, 0) is 25.1 Å². The van der Waals surface area contributed by atoms with E-state index in [0.717, 1.165) is 45.2 Å². The second kappa shape index (κ2) is 8.50. The van der Waals surface area contributed by atoms with Crippen molar-refractivity contribution < 1.29 is 4.39 Å². The molecule has 3 rings (SSSR count). The number of halogens is 1. The van der Waals surface area contributed by atoms with Crippen LogP contribution in [0, 0.1) is 5.82 Å². The Morgan fingerprint density at radius 3 is 2.68 bits per heavy atom. The number of aliphatic imine (C=N–C) groups is 1. The molecule has 1 saturated heterocycles. The maximum absolute atomic E-state index is 14.0. The number of rotatable bonds is 5. The van der Waals surface area contributed by atoms with Gasteiger partial charge in [0.15, 0.2) is 5.96 Å². The maximum Gasteiger partial charge on any atom is 0.194 e. The second-order valence-corrected chi connectivity index (χ2v) is 5.93. The minimum Gasteiger partial charge on any atom is -0.366 e. The summed E-state index contributed by atoms with van der Waals surface area (Å²) in [5, 5.41) is 7.55. The van der Waals surface area contributed by atoms with Crippen LogP contribution in [-0.4, -0.2) is 59.9 Å². The van der Waals surface area contributed by atoms with E-state index in [0.29, 0.717) is 12.2 Å². The van der Waals surface area contributed by atoms with Crippen molar-refractivity contribution in [1.82, 2.24) is 20.0 Å². The SMILES string of the molecule is CCNC(=NCCn1cccn1)N1CCN(c2ccccc2F)CC1. The Bertz CT molecular complexity index is 677. The average Bonchev–Trinajstić information content (AvgIpc) is 3.15. The van der Waals surface area contributed by atoms with E-state index < -0.39 is 0 Å². The number of piperazine rings is 1. The highest BCUT2D eigenvalue weighted by Crippen LogP contribution is 2.20. The topological polar surface area (TPSA) is 48.7 Å². The summed E-state index contributed by atoms with van der Waals surface area (Å²) >= 11 is 0. The van der Waals surface area contributed by atoms with E-state index in [4.69, 9.17) is 4.99 Å². The molecule has 6 nitrogen and oxygen atoms in total. The molecule has 1 aromatic carbocycles. The average molecular weight is 344 g/mol. The third kappa shape index (κ3) is 4.49. The van der Waals surface area contributed by atoms with Crippen LogP contribution in [0.15, 0.2) is 47.7 Å². The van der Waals surface area contributed by atoms with Crippen LogP contribution in [0.5, 0.6) is 0 Å². The number of hydrogen-bond donors (Lipinski definition) is 1. The third-order valence-electron chi connectivity index (χ3n) is 4.26. The van der Waals surface area contributed by atoms with Gasteiger partial charge in [-0.25, -0.2) is 4.39 Å². The molecule has 0 unspecified atom stereocenters. The summed E-state index contributed by atoms with van der Waals surface area (Å²) in [6.07, 6.45) is 3.71. The molecular formula is C18H25FN6. The van der Waals surface area contributed by atoms with Crippen molar-refractivity contribution in [2.45, 2.75) is 13.5 Å². The molecule has 0 atom stereocenters. The van der Waals surface area contributed by atoms with Crippen molar-refractivity contribution in [3.05, 3.63) is 48.5 Å². The first-order valence-electron chi connectivity index (χ1n) is 8.78. The fourth-order valence-corrected chi connectivity index (χ4v) is 2.98. The van der Waals surface area contributed by atoms with Gasteiger partial charge in [-0.1, -0.05) is 12.1 Å². The molecule has 2 heterocycles. The van der Waals surface area contributed by atoms with Gasteiger partial charge in [0.2, 0.25) is 0 Å². The van der Waals surface area contributed by atoms with Crippen LogP contribution in [-0.2, 0) is 6.54 Å². The molecule has 0 bridgehead atoms. The molecule has 1 fully saturated rings. The summed E-state index contributed by atoms with van der Waals surface area (Å²) in [7, 11) is 0. The van der Waals surface area contributed by atoms with Gasteiger partial charge < -0.3 is 15.1 Å². The highest BCUT2D eigenvalue weighted by atomic mass is 19.1. The Balaban J connectivity index is 1.57. The van der Waals surface area contributed by atoms with E-state index in [9.17, 15) is 4.39 Å². The summed E-state index contributed by atoms with van der Waals surface area (Å²) in [5.41, 5.74) is 0.683. The van der Waals surface area contributed by atoms with Crippen LogP contribution in [0.25, 0.3) is 0 Å². The number of nitrogens with zero attached hydrogens (tertiary/aromatic N) is 5. The lowest BCUT2D eigenvalue weighted by Gasteiger charge is -2.37. The van der Waals surface area contributed by atoms with Crippen LogP contribution in [0.3, 0.4) is 0 Å². The van der Waals surface area contributed by atoms with Gasteiger partial charge in [0.05, 0.1) is 18.8 Å². The number of para-hydroxylation sites is 1. The van der Waals surface area contributed by atoms with Crippen LogP contribution >= 0.6 is 0 Å². The van der Waals surface area contributed by atoms with Gasteiger partial charge in [-0.15, -0.1) is 0 Å². The van der Waals surface area contributed by atoms with Crippen LogP contribution in [0.2, 0.25) is 0 Å². The fourth-order valence-electron chi connectivity index (χ4n) is 2.98. The molecule has 0 aliphatic carbocycles. The quantitative estimate of drug-likeness (QED) is 0.664. The van der Waals surface area contributed by atoms with E-state index in [1.807, 2.05) is 29.1 Å². The monoisotopic (exact) mass is 344 g/mol. The zero-order valence-corrected chi connectivity index (χ0v) is 14.6. The van der Waals surface area contributed by atoms with E-state index in [1.165, 1.54) is 6.07 Å². The molecule has 1 N–H and O–H groups in total. The Morgan fingerprint density at radius 1 is 1.20 bits per heavy atom. The number of anilines is 1. The van der Waals surface area contributed by atoms with Crippen molar-refractivity contribution in [1.29, 1.82) is 0 Å². The number of hydrogen-bond acceptors (Lipinski definition) is 3. The summed E-state index contributed by atoms with van der Waals surface area (Å²) in [4.78, 5) is 9.04. The smallest absolute Gasteiger partial charge is 0.194 e. The van der Waals surface area contributed by atoms with Crippen molar-refractivity contribution in [3.63, 3.8) is 0 Å². The number of benzene rings is 1. The molecule has 7 heteroatoms. The Morgan fingerprint density at radius 2 is 2.00 bits per heavy atom. The van der Waals surface area contributed by atoms with Crippen LogP contribution < -0.4 is 10.2 Å². The Hall–Kier alpha value is -2.57. The van der Waals surface area contributed by atoms with Crippen molar-refractivity contribution in [2.24, 2.45) is 4.99 Å². The van der Waals surface area contributed by atoms with Gasteiger partial charge in [0, 0.05) is 45.1 Å². The lowest BCUT2D eigenvalue weighted by molar-refractivity contribution is 0.370. The molecule has 134 valence electrons. The van der Waals surface area contributed by atoms with Crippen molar-refractivity contribution >= 4 is 11.6 Å². The normalized spacial score (nSPS) is 15.5. The van der Waals surface area contributed by atoms with Gasteiger partial charge in [0.1, 0.15) is 5.82 Å². The highest BCUT2D eigenvalue weighted by molar-refractivity contribution is 5.80. The first-order valence-corrected chi connectivity index (χ1v) is 8.78. The zero-order chi connectivity index (χ0) is 17.5. The minimum absolute atomic E-state index is 0.157. The number of guanidine groups is 1. The summed E-state index contributed by atoms with van der Waals surface area (Å²) in [6.45, 7) is 7.54. The van der Waals surface area contributed by atoms with E-state index in [1.54, 1.807) is 12.3 Å². The first kappa shape index (κ1) is 17.3. The van der Waals surface area contributed by atoms with Crippen LogP contribution in [0.4, 0.5) is 10.1 Å². The third-order valence-corrected chi connectivity index (χ3v) is 4.26. The Labute approximate surface area is 148 Å². The highest BCUT2D eigenvalue weighted by Gasteiger charge is 2.21. The predicted octanol–water partition coefficient (Wildman–Crippen LogP) is 1.81. The minimum atomic E-state index is -0.157. The molecule has 25 heavy (non-hydrogen) atoms. The predicted molar refractivity (Wildman–Crippen MR) is 98.4 cm³/mol. The van der Waals surface area contributed by atoms with Crippen molar-refractivity contribution in [2.75, 3.05) is 44.2 Å². The summed E-state index contributed by atoms with van der Waals surface area (Å²) in [5.74, 6) is 0.763. The second-order valence-electron chi connectivity index (χ2n) is 5.93. The molecule has 1 aromatic heterocycles. The molecule has 2 aromatic rings. The molecule has 1 aliphatic heterocycles. The molecule has 0 amide bonds. The van der Waals surface area contributed by atoms with Gasteiger partial charge in [0.25, 0.3) is 0 Å². The number of nitrogens with one attached hydrogen (secondary N) is 1. The van der Waals surface area contributed by atoms with Gasteiger partial charge in [-0.3, -0.25) is 9.67 Å². The molecule has 1 aliphatic rings. The summed E-state index contributed by atoms with van der Waals surface area (Å²) < 4.78 is 15.8. The largest absolute Gasteiger partial charge is 0.366 e. The molecule has 0 spiro atoms. The zero-order valence-electron chi connectivity index (χ0n) is 14.6. The van der Waals surface area contributed by atoms with E-state index in [2.05, 4.69) is 27.1 Å². The van der Waals surface area contributed by atoms with Crippen molar-refractivity contribution in [3.8, 4) is 0 Å². The van der Waals surface area contributed by atoms with Gasteiger partial charge >= 0.3 is 0 Å². The Kier molecular flexibility index (Phi) is 5.87. The summed E-state index contributed by atoms with van der Waals surface area (Å²) in [6, 6.07) is 8.88. The van der Waals surface area contributed by atoms with E-state index in [-0.39, 0.29) is 5.82 Å². The van der Waals surface area contributed by atoms with E-state index >= 15 is 0 Å².